The summed E-state index contributed by atoms with van der Waals surface area (Å²) in [6, 6.07) is 11.6. The van der Waals surface area contributed by atoms with Crippen molar-refractivity contribution in [3.8, 4) is 0 Å². The van der Waals surface area contributed by atoms with E-state index in [0.29, 0.717) is 16.6 Å². The monoisotopic (exact) mass is 418 g/mol. The molecule has 8 heteroatoms. The minimum atomic E-state index is -3.67. The van der Waals surface area contributed by atoms with Gasteiger partial charge in [-0.3, -0.25) is 9.62 Å². The van der Waals surface area contributed by atoms with Crippen molar-refractivity contribution in [1.82, 2.24) is 14.5 Å². The fraction of sp³-hybridized carbons (Fsp3) is 0.350. The van der Waals surface area contributed by atoms with E-state index in [4.69, 9.17) is 16.6 Å². The lowest BCUT2D eigenvalue weighted by atomic mass is 10.2. The molecular formula is C20H23ClN4O2S. The molecule has 28 heavy (non-hydrogen) atoms. The number of rotatable bonds is 5. The standard InChI is InChI=1S/C20H23ClN4O2S/c1-14(2)12-24-9-10-25-19-8-5-16(11-18(19)22-20(25)13-24)23-28(26,27)17-6-3-15(21)4-7-17/h3-8,11,14,23H,9-10,12-13H2,1-2H3. The van der Waals surface area contributed by atoms with E-state index >= 15 is 0 Å². The molecule has 1 N–H and O–H groups in total. The van der Waals surface area contributed by atoms with Crippen LogP contribution in [0.3, 0.4) is 0 Å². The summed E-state index contributed by atoms with van der Waals surface area (Å²) >= 11 is 5.85. The summed E-state index contributed by atoms with van der Waals surface area (Å²) in [6.07, 6.45) is 0. The molecule has 6 nitrogen and oxygen atoms in total. The van der Waals surface area contributed by atoms with Gasteiger partial charge < -0.3 is 4.57 Å². The van der Waals surface area contributed by atoms with Crippen LogP contribution in [0.1, 0.15) is 19.7 Å². The molecule has 0 saturated heterocycles. The second-order valence-corrected chi connectivity index (χ2v) is 9.69. The van der Waals surface area contributed by atoms with E-state index in [0.717, 1.165) is 43.0 Å². The second-order valence-electron chi connectivity index (χ2n) is 7.57. The molecule has 3 aromatic rings. The zero-order valence-electron chi connectivity index (χ0n) is 15.9. The summed E-state index contributed by atoms with van der Waals surface area (Å²) in [5.74, 6) is 1.64. The predicted molar refractivity (Wildman–Crippen MR) is 112 cm³/mol. The first-order chi connectivity index (χ1) is 13.3. The smallest absolute Gasteiger partial charge is 0.261 e. The summed E-state index contributed by atoms with van der Waals surface area (Å²) in [5, 5.41) is 0.496. The number of benzene rings is 2. The first-order valence-electron chi connectivity index (χ1n) is 9.32. The molecule has 148 valence electrons. The molecular weight excluding hydrogens is 396 g/mol. The zero-order valence-corrected chi connectivity index (χ0v) is 17.5. The van der Waals surface area contributed by atoms with Crippen LogP contribution >= 0.6 is 11.6 Å². The van der Waals surface area contributed by atoms with E-state index in [1.54, 1.807) is 24.3 Å². The van der Waals surface area contributed by atoms with Crippen LogP contribution in [0.15, 0.2) is 47.4 Å². The third-order valence-electron chi connectivity index (χ3n) is 4.83. The van der Waals surface area contributed by atoms with Crippen LogP contribution < -0.4 is 4.72 Å². The third kappa shape index (κ3) is 3.87. The number of imidazole rings is 1. The number of halogens is 1. The first kappa shape index (κ1) is 19.2. The number of nitrogens with one attached hydrogen (secondary N) is 1. The molecule has 0 saturated carbocycles. The Morgan fingerprint density at radius 2 is 1.89 bits per heavy atom. The Labute approximate surface area is 170 Å². The number of hydrogen-bond donors (Lipinski definition) is 1. The zero-order chi connectivity index (χ0) is 19.9. The molecule has 0 radical (unpaired) electrons. The summed E-state index contributed by atoms with van der Waals surface area (Å²) < 4.78 is 30.1. The molecule has 0 amide bonds. The van der Waals surface area contributed by atoms with Gasteiger partial charge in [-0.25, -0.2) is 13.4 Å². The van der Waals surface area contributed by atoms with Crippen LogP contribution in [0.4, 0.5) is 5.69 Å². The van der Waals surface area contributed by atoms with Crippen molar-refractivity contribution in [1.29, 1.82) is 0 Å². The fourth-order valence-corrected chi connectivity index (χ4v) is 4.81. The van der Waals surface area contributed by atoms with E-state index in [-0.39, 0.29) is 4.90 Å². The molecule has 2 heterocycles. The SMILES string of the molecule is CC(C)CN1CCn2c(nc3cc(NS(=O)(=O)c4ccc(Cl)cc4)ccc32)C1. The average molecular weight is 419 g/mol. The Hall–Kier alpha value is -2.09. The molecule has 1 aliphatic rings. The molecule has 2 aromatic carbocycles. The highest BCUT2D eigenvalue weighted by Crippen LogP contribution is 2.25. The summed E-state index contributed by atoms with van der Waals surface area (Å²) in [7, 11) is -3.67. The number of anilines is 1. The van der Waals surface area contributed by atoms with Gasteiger partial charge in [-0.15, -0.1) is 0 Å². The van der Waals surface area contributed by atoms with Crippen molar-refractivity contribution in [2.75, 3.05) is 17.8 Å². The number of nitrogens with zero attached hydrogens (tertiary/aromatic N) is 3. The maximum absolute atomic E-state index is 12.6. The Bertz CT molecular complexity index is 1110. The summed E-state index contributed by atoms with van der Waals surface area (Å²) in [5.41, 5.74) is 2.34. The van der Waals surface area contributed by atoms with Gasteiger partial charge >= 0.3 is 0 Å². The van der Waals surface area contributed by atoms with Gasteiger partial charge in [-0.05, 0) is 48.4 Å². The highest BCUT2D eigenvalue weighted by molar-refractivity contribution is 7.92. The van der Waals surface area contributed by atoms with Crippen molar-refractivity contribution >= 4 is 38.3 Å². The van der Waals surface area contributed by atoms with E-state index in [1.165, 1.54) is 12.1 Å². The van der Waals surface area contributed by atoms with Crippen molar-refractivity contribution < 1.29 is 8.42 Å². The molecule has 0 spiro atoms. The number of hydrogen-bond acceptors (Lipinski definition) is 4. The quantitative estimate of drug-likeness (QED) is 0.680. The van der Waals surface area contributed by atoms with Crippen LogP contribution in [0.5, 0.6) is 0 Å². The molecule has 1 aromatic heterocycles. The van der Waals surface area contributed by atoms with Crippen LogP contribution in [0, 0.1) is 5.92 Å². The Kier molecular flexibility index (Phi) is 5.07. The van der Waals surface area contributed by atoms with Crippen LogP contribution in [0.25, 0.3) is 11.0 Å². The molecule has 0 atom stereocenters. The Morgan fingerprint density at radius 1 is 1.14 bits per heavy atom. The van der Waals surface area contributed by atoms with Crippen LogP contribution in [0.2, 0.25) is 5.02 Å². The van der Waals surface area contributed by atoms with Gasteiger partial charge in [0, 0.05) is 24.7 Å². The largest absolute Gasteiger partial charge is 0.326 e. The number of sulfonamides is 1. The molecule has 0 fully saturated rings. The van der Waals surface area contributed by atoms with Gasteiger partial charge in [0.25, 0.3) is 10.0 Å². The van der Waals surface area contributed by atoms with E-state index < -0.39 is 10.0 Å². The minimum absolute atomic E-state index is 0.172. The molecule has 4 rings (SSSR count). The van der Waals surface area contributed by atoms with Gasteiger partial charge in [0.15, 0.2) is 0 Å². The molecule has 0 unspecified atom stereocenters. The maximum Gasteiger partial charge on any atom is 0.261 e. The Balaban J connectivity index is 1.60. The Morgan fingerprint density at radius 3 is 2.61 bits per heavy atom. The maximum atomic E-state index is 12.6. The van der Waals surface area contributed by atoms with Crippen LogP contribution in [-0.2, 0) is 23.1 Å². The van der Waals surface area contributed by atoms with Gasteiger partial charge in [0.05, 0.1) is 28.2 Å². The van der Waals surface area contributed by atoms with Crippen molar-refractivity contribution in [2.45, 2.75) is 31.8 Å². The lowest BCUT2D eigenvalue weighted by Gasteiger charge is -2.29. The normalized spacial score (nSPS) is 15.1. The fourth-order valence-electron chi connectivity index (χ4n) is 3.63. The molecule has 0 aliphatic carbocycles. The van der Waals surface area contributed by atoms with Gasteiger partial charge in [0.2, 0.25) is 0 Å². The average Bonchev–Trinajstić information content (AvgIpc) is 2.98. The first-order valence-corrected chi connectivity index (χ1v) is 11.2. The highest BCUT2D eigenvalue weighted by Gasteiger charge is 2.21. The number of fused-ring (bicyclic) bond motifs is 3. The van der Waals surface area contributed by atoms with E-state index in [9.17, 15) is 8.42 Å². The van der Waals surface area contributed by atoms with E-state index in [1.807, 2.05) is 6.07 Å². The second kappa shape index (κ2) is 7.39. The van der Waals surface area contributed by atoms with Crippen LogP contribution in [-0.4, -0.2) is 36.0 Å². The summed E-state index contributed by atoms with van der Waals surface area (Å²) in [4.78, 5) is 7.34. The minimum Gasteiger partial charge on any atom is -0.326 e. The molecule has 1 aliphatic heterocycles. The van der Waals surface area contributed by atoms with Crippen molar-refractivity contribution in [3.63, 3.8) is 0 Å². The van der Waals surface area contributed by atoms with Gasteiger partial charge in [-0.1, -0.05) is 25.4 Å². The van der Waals surface area contributed by atoms with E-state index in [2.05, 4.69) is 28.0 Å². The highest BCUT2D eigenvalue weighted by atomic mass is 35.5. The topological polar surface area (TPSA) is 67.2 Å². The van der Waals surface area contributed by atoms with Gasteiger partial charge in [0.1, 0.15) is 5.82 Å². The lowest BCUT2D eigenvalue weighted by molar-refractivity contribution is 0.197. The molecule has 0 bridgehead atoms. The van der Waals surface area contributed by atoms with Gasteiger partial charge in [-0.2, -0.15) is 0 Å². The summed E-state index contributed by atoms with van der Waals surface area (Å²) in [6.45, 7) is 8.21. The predicted octanol–water partition coefficient (Wildman–Crippen LogP) is 3.96. The van der Waals surface area contributed by atoms with Crippen molar-refractivity contribution in [3.05, 3.63) is 53.3 Å². The number of aromatic nitrogens is 2. The lowest BCUT2D eigenvalue weighted by Crippen LogP contribution is -2.36. The third-order valence-corrected chi connectivity index (χ3v) is 6.48. The van der Waals surface area contributed by atoms with Crippen molar-refractivity contribution in [2.24, 2.45) is 5.92 Å².